The third-order valence-electron chi connectivity index (χ3n) is 1.52. The molecular weight excluding hydrogens is 185 g/mol. The molecule has 1 rings (SSSR count). The van der Waals surface area contributed by atoms with Gasteiger partial charge in [-0.05, 0) is 31.2 Å². The molecule has 0 spiro atoms. The standard InChI is InChI=1S/C10H12FNO2/c1-2-13-10(12)7-14-9-5-3-8(11)4-6-9/h3-6,12H,2,7H2,1H3/p+1. The molecule has 0 amide bonds. The molecule has 76 valence electrons. The van der Waals surface area contributed by atoms with Crippen LogP contribution in [0.25, 0.3) is 0 Å². The highest BCUT2D eigenvalue weighted by molar-refractivity contribution is 5.71. The summed E-state index contributed by atoms with van der Waals surface area (Å²) in [6.07, 6.45) is 0. The lowest BCUT2D eigenvalue weighted by molar-refractivity contribution is -0.145. The Morgan fingerprint density at radius 2 is 2.00 bits per heavy atom. The lowest BCUT2D eigenvalue weighted by Crippen LogP contribution is -2.45. The molecule has 3 nitrogen and oxygen atoms in total. The lowest BCUT2D eigenvalue weighted by Gasteiger charge is -2.03. The molecule has 4 heteroatoms. The van der Waals surface area contributed by atoms with Crippen molar-refractivity contribution in [2.75, 3.05) is 13.2 Å². The van der Waals surface area contributed by atoms with Gasteiger partial charge < -0.3 is 9.47 Å². The van der Waals surface area contributed by atoms with Gasteiger partial charge in [-0.2, -0.15) is 0 Å². The van der Waals surface area contributed by atoms with Gasteiger partial charge in [-0.1, -0.05) is 0 Å². The molecule has 0 atom stereocenters. The monoisotopic (exact) mass is 198 g/mol. The number of halogens is 1. The largest absolute Gasteiger partial charge is 0.479 e. The Labute approximate surface area is 82.0 Å². The minimum atomic E-state index is -0.292. The fraction of sp³-hybridized carbons (Fsp3) is 0.300. The molecule has 1 aromatic carbocycles. The van der Waals surface area contributed by atoms with Crippen molar-refractivity contribution >= 4 is 5.90 Å². The van der Waals surface area contributed by atoms with Gasteiger partial charge in [-0.25, -0.2) is 9.80 Å². The molecule has 14 heavy (non-hydrogen) atoms. The first-order valence-electron chi connectivity index (χ1n) is 4.35. The fourth-order valence-electron chi connectivity index (χ4n) is 0.912. The van der Waals surface area contributed by atoms with Crippen molar-refractivity contribution in [3.05, 3.63) is 30.1 Å². The van der Waals surface area contributed by atoms with E-state index < -0.39 is 0 Å². The zero-order chi connectivity index (χ0) is 10.4. The summed E-state index contributed by atoms with van der Waals surface area (Å²) in [5.74, 6) is 0.588. The number of ether oxygens (including phenoxy) is 2. The highest BCUT2D eigenvalue weighted by Crippen LogP contribution is 2.10. The molecule has 0 radical (unpaired) electrons. The van der Waals surface area contributed by atoms with E-state index >= 15 is 0 Å². The van der Waals surface area contributed by atoms with Crippen molar-refractivity contribution in [1.82, 2.24) is 0 Å². The van der Waals surface area contributed by atoms with Gasteiger partial charge in [0.05, 0.1) is 6.61 Å². The molecule has 1 aromatic rings. The van der Waals surface area contributed by atoms with Gasteiger partial charge >= 0.3 is 5.90 Å². The number of benzene rings is 1. The van der Waals surface area contributed by atoms with Crippen molar-refractivity contribution in [3.8, 4) is 5.75 Å². The van der Waals surface area contributed by atoms with E-state index in [1.54, 1.807) is 0 Å². The van der Waals surface area contributed by atoms with Gasteiger partial charge in [0.2, 0.25) is 6.61 Å². The predicted molar refractivity (Wildman–Crippen MR) is 50.5 cm³/mol. The average molecular weight is 198 g/mol. The fourth-order valence-corrected chi connectivity index (χ4v) is 0.912. The first kappa shape index (κ1) is 10.5. The van der Waals surface area contributed by atoms with E-state index in [2.05, 4.69) is 0 Å². The van der Waals surface area contributed by atoms with Crippen LogP contribution in [0.2, 0.25) is 0 Å². The van der Waals surface area contributed by atoms with E-state index in [1.165, 1.54) is 24.3 Å². The zero-order valence-electron chi connectivity index (χ0n) is 8.00. The molecule has 2 N–H and O–H groups in total. The third-order valence-corrected chi connectivity index (χ3v) is 1.52. The van der Waals surface area contributed by atoms with E-state index in [4.69, 9.17) is 14.9 Å². The van der Waals surface area contributed by atoms with E-state index in [-0.39, 0.29) is 12.4 Å². The van der Waals surface area contributed by atoms with Gasteiger partial charge in [-0.15, -0.1) is 0 Å². The summed E-state index contributed by atoms with van der Waals surface area (Å²) < 4.78 is 22.7. The quantitative estimate of drug-likeness (QED) is 0.562. The van der Waals surface area contributed by atoms with Crippen molar-refractivity contribution in [2.24, 2.45) is 0 Å². The van der Waals surface area contributed by atoms with Crippen LogP contribution >= 0.6 is 0 Å². The molecule has 0 saturated heterocycles. The minimum absolute atomic E-state index is 0.180. The molecule has 0 saturated carbocycles. The van der Waals surface area contributed by atoms with Gasteiger partial charge in [0.15, 0.2) is 0 Å². The van der Waals surface area contributed by atoms with E-state index in [1.807, 2.05) is 6.92 Å². The Hall–Kier alpha value is -1.58. The first-order valence-corrected chi connectivity index (χ1v) is 4.35. The molecule has 0 aromatic heterocycles. The third kappa shape index (κ3) is 3.43. The van der Waals surface area contributed by atoms with Gasteiger partial charge in [0, 0.05) is 0 Å². The van der Waals surface area contributed by atoms with E-state index in [9.17, 15) is 4.39 Å². The van der Waals surface area contributed by atoms with Crippen molar-refractivity contribution in [3.63, 3.8) is 0 Å². The number of rotatable bonds is 4. The number of nitrogens with two attached hydrogens (primary N) is 1. The summed E-state index contributed by atoms with van der Waals surface area (Å²) in [7, 11) is 0. The SMILES string of the molecule is CCOC(=[NH2+])COc1ccc(F)cc1. The smallest absolute Gasteiger partial charge is 0.372 e. The second-order valence-electron chi connectivity index (χ2n) is 2.64. The van der Waals surface area contributed by atoms with Crippen LogP contribution in [0.5, 0.6) is 5.75 Å². The second-order valence-corrected chi connectivity index (χ2v) is 2.64. The molecule has 0 aliphatic rings. The van der Waals surface area contributed by atoms with Crippen LogP contribution in [-0.2, 0) is 4.74 Å². The Morgan fingerprint density at radius 3 is 2.57 bits per heavy atom. The Kier molecular flexibility index (Phi) is 3.91. The first-order chi connectivity index (χ1) is 6.72. The number of hydrogen-bond acceptors (Lipinski definition) is 2. The van der Waals surface area contributed by atoms with Gasteiger partial charge in [0.1, 0.15) is 11.6 Å². The molecule has 0 aliphatic carbocycles. The average Bonchev–Trinajstić information content (AvgIpc) is 2.17. The van der Waals surface area contributed by atoms with Crippen molar-refractivity contribution < 1.29 is 19.3 Å². The Morgan fingerprint density at radius 1 is 1.36 bits per heavy atom. The Balaban J connectivity index is 2.38. The summed E-state index contributed by atoms with van der Waals surface area (Å²) in [4.78, 5) is 0. The number of hydrogen-bond donors (Lipinski definition) is 1. The maximum atomic E-state index is 12.5. The highest BCUT2D eigenvalue weighted by Gasteiger charge is 2.03. The van der Waals surface area contributed by atoms with Crippen LogP contribution in [0, 0.1) is 5.82 Å². The topological polar surface area (TPSA) is 44.0 Å². The molecule has 0 fully saturated rings. The summed E-state index contributed by atoms with van der Waals surface area (Å²) in [6, 6.07) is 5.72. The maximum Gasteiger partial charge on any atom is 0.372 e. The van der Waals surface area contributed by atoms with Crippen molar-refractivity contribution in [1.29, 1.82) is 0 Å². The lowest BCUT2D eigenvalue weighted by atomic mass is 10.3. The van der Waals surface area contributed by atoms with Crippen molar-refractivity contribution in [2.45, 2.75) is 6.92 Å². The maximum absolute atomic E-state index is 12.5. The normalized spacial score (nSPS) is 9.57. The van der Waals surface area contributed by atoms with Crippen LogP contribution in [0.4, 0.5) is 4.39 Å². The highest BCUT2D eigenvalue weighted by atomic mass is 19.1. The molecule has 0 aliphatic heterocycles. The summed E-state index contributed by atoms with van der Waals surface area (Å²) in [5.41, 5.74) is 0. The molecule has 0 heterocycles. The minimum Gasteiger partial charge on any atom is -0.479 e. The zero-order valence-corrected chi connectivity index (χ0v) is 8.00. The van der Waals surface area contributed by atoms with E-state index in [0.29, 0.717) is 18.3 Å². The van der Waals surface area contributed by atoms with E-state index in [0.717, 1.165) is 0 Å². The Bertz CT molecular complexity index is 297. The molecule has 0 unspecified atom stereocenters. The van der Waals surface area contributed by atoms with Crippen LogP contribution in [0.1, 0.15) is 6.92 Å². The van der Waals surface area contributed by atoms with Crippen LogP contribution < -0.4 is 10.1 Å². The van der Waals surface area contributed by atoms with Crippen LogP contribution in [0.15, 0.2) is 24.3 Å². The van der Waals surface area contributed by atoms with Crippen LogP contribution in [-0.4, -0.2) is 19.1 Å². The predicted octanol–water partition coefficient (Wildman–Crippen LogP) is 0.399. The molecule has 0 bridgehead atoms. The summed E-state index contributed by atoms with van der Waals surface area (Å²) >= 11 is 0. The summed E-state index contributed by atoms with van der Waals surface area (Å²) in [5, 5.41) is 5.46. The van der Waals surface area contributed by atoms with Gasteiger partial charge in [-0.3, -0.25) is 0 Å². The van der Waals surface area contributed by atoms with Crippen LogP contribution in [0.3, 0.4) is 0 Å². The second kappa shape index (κ2) is 5.21. The summed E-state index contributed by atoms with van der Waals surface area (Å²) in [6.45, 7) is 2.53. The molecular formula is C10H13FNO2+. The van der Waals surface area contributed by atoms with Gasteiger partial charge in [0.25, 0.3) is 0 Å².